The number of nitrogens with zero attached hydrogens (tertiary/aromatic N) is 2. The van der Waals surface area contributed by atoms with Crippen molar-refractivity contribution in [3.63, 3.8) is 0 Å². The molecule has 0 aliphatic carbocycles. The summed E-state index contributed by atoms with van der Waals surface area (Å²) in [5.74, 6) is 0.211. The molecule has 0 N–H and O–H groups in total. The maximum absolute atomic E-state index is 12.3. The van der Waals surface area contributed by atoms with E-state index >= 15 is 0 Å². The first-order valence-corrected chi connectivity index (χ1v) is 6.25. The van der Waals surface area contributed by atoms with Gasteiger partial charge in [0.25, 0.3) is 0 Å². The lowest BCUT2D eigenvalue weighted by atomic mass is 10.1. The molecule has 2 rings (SSSR count). The molecule has 0 fully saturated rings. The molecule has 1 heterocycles. The second kappa shape index (κ2) is 6.34. The van der Waals surface area contributed by atoms with Crippen LogP contribution in [0.15, 0.2) is 30.5 Å². The van der Waals surface area contributed by atoms with Crippen LogP contribution >= 0.6 is 11.6 Å². The summed E-state index contributed by atoms with van der Waals surface area (Å²) in [6.45, 7) is 0. The normalized spacial score (nSPS) is 10.2. The maximum atomic E-state index is 12.3. The van der Waals surface area contributed by atoms with E-state index in [1.165, 1.54) is 20.4 Å². The SMILES string of the molecule is COc1cnc(C(=O)Cc2ccccc2Cl)c(OC)n1. The standard InChI is InChI=1S/C14H13ClN2O3/c1-19-12-8-16-13(14(17-12)20-2)11(18)7-9-5-3-4-6-10(9)15/h3-6,8H,7H2,1-2H3. The van der Waals surface area contributed by atoms with Gasteiger partial charge >= 0.3 is 0 Å². The van der Waals surface area contributed by atoms with Crippen molar-refractivity contribution < 1.29 is 14.3 Å². The van der Waals surface area contributed by atoms with E-state index in [0.717, 1.165) is 5.56 Å². The van der Waals surface area contributed by atoms with E-state index in [-0.39, 0.29) is 29.7 Å². The molecule has 2 aromatic rings. The minimum atomic E-state index is -0.217. The molecule has 5 nitrogen and oxygen atoms in total. The minimum absolute atomic E-state index is 0.136. The van der Waals surface area contributed by atoms with Gasteiger partial charge in [0.2, 0.25) is 11.8 Å². The van der Waals surface area contributed by atoms with E-state index in [1.807, 2.05) is 12.1 Å². The Labute approximate surface area is 121 Å². The van der Waals surface area contributed by atoms with Crippen LogP contribution in [-0.2, 0) is 6.42 Å². The summed E-state index contributed by atoms with van der Waals surface area (Å²) in [4.78, 5) is 20.3. The summed E-state index contributed by atoms with van der Waals surface area (Å²) in [6, 6.07) is 7.17. The molecule has 0 saturated carbocycles. The number of Topliss-reactive ketones (excluding diaryl/α,β-unsaturated/α-hetero) is 1. The Bertz CT molecular complexity index is 632. The smallest absolute Gasteiger partial charge is 0.246 e. The molecule has 0 atom stereocenters. The van der Waals surface area contributed by atoms with E-state index in [1.54, 1.807) is 12.1 Å². The molecule has 104 valence electrons. The lowest BCUT2D eigenvalue weighted by molar-refractivity contribution is 0.0984. The van der Waals surface area contributed by atoms with Gasteiger partial charge in [-0.15, -0.1) is 0 Å². The van der Waals surface area contributed by atoms with Crippen molar-refractivity contribution in [2.24, 2.45) is 0 Å². The molecule has 0 aliphatic rings. The second-order valence-electron chi connectivity index (χ2n) is 3.96. The molecule has 0 bridgehead atoms. The van der Waals surface area contributed by atoms with Gasteiger partial charge in [-0.2, -0.15) is 4.98 Å². The van der Waals surface area contributed by atoms with Crippen LogP contribution in [0.5, 0.6) is 11.8 Å². The average Bonchev–Trinajstić information content (AvgIpc) is 2.48. The molecule has 0 aliphatic heterocycles. The number of aromatic nitrogens is 2. The number of ether oxygens (including phenoxy) is 2. The molecule has 20 heavy (non-hydrogen) atoms. The summed E-state index contributed by atoms with van der Waals surface area (Å²) in [5, 5.41) is 0.543. The van der Waals surface area contributed by atoms with Gasteiger partial charge < -0.3 is 9.47 Å². The summed E-state index contributed by atoms with van der Waals surface area (Å²) < 4.78 is 10.0. The fourth-order valence-corrected chi connectivity index (χ4v) is 1.89. The van der Waals surface area contributed by atoms with Gasteiger partial charge in [-0.05, 0) is 11.6 Å². The number of carbonyl (C=O) groups is 1. The molecule has 0 spiro atoms. The topological polar surface area (TPSA) is 61.3 Å². The highest BCUT2D eigenvalue weighted by Crippen LogP contribution is 2.21. The Morgan fingerprint density at radius 2 is 2.00 bits per heavy atom. The Balaban J connectivity index is 2.27. The lowest BCUT2D eigenvalue weighted by Crippen LogP contribution is -2.10. The van der Waals surface area contributed by atoms with Gasteiger partial charge in [0.1, 0.15) is 0 Å². The molecule has 0 radical (unpaired) electrons. The summed E-state index contributed by atoms with van der Waals surface area (Å²) in [6.07, 6.45) is 1.51. The Morgan fingerprint density at radius 3 is 2.65 bits per heavy atom. The van der Waals surface area contributed by atoms with Crippen molar-refractivity contribution >= 4 is 17.4 Å². The number of benzene rings is 1. The van der Waals surface area contributed by atoms with Gasteiger partial charge in [-0.1, -0.05) is 29.8 Å². The van der Waals surface area contributed by atoms with Crippen molar-refractivity contribution in [2.75, 3.05) is 14.2 Å². The number of rotatable bonds is 5. The van der Waals surface area contributed by atoms with Crippen LogP contribution in [0.2, 0.25) is 5.02 Å². The van der Waals surface area contributed by atoms with Crippen LogP contribution in [0.1, 0.15) is 16.1 Å². The first-order chi connectivity index (χ1) is 9.65. The van der Waals surface area contributed by atoms with Crippen molar-refractivity contribution in [3.05, 3.63) is 46.7 Å². The fourth-order valence-electron chi connectivity index (χ4n) is 1.69. The third-order valence-electron chi connectivity index (χ3n) is 2.69. The van der Waals surface area contributed by atoms with Crippen molar-refractivity contribution in [3.8, 4) is 11.8 Å². The summed E-state index contributed by atoms with van der Waals surface area (Å²) >= 11 is 6.04. The molecular formula is C14H13ClN2O3. The Morgan fingerprint density at radius 1 is 1.25 bits per heavy atom. The van der Waals surface area contributed by atoms with Crippen molar-refractivity contribution in [1.82, 2.24) is 9.97 Å². The number of carbonyl (C=O) groups excluding carboxylic acids is 1. The van der Waals surface area contributed by atoms with Crippen molar-refractivity contribution in [2.45, 2.75) is 6.42 Å². The second-order valence-corrected chi connectivity index (χ2v) is 4.37. The Kier molecular flexibility index (Phi) is 4.53. The van der Waals surface area contributed by atoms with Crippen LogP contribution in [0.3, 0.4) is 0 Å². The highest BCUT2D eigenvalue weighted by Gasteiger charge is 2.18. The van der Waals surface area contributed by atoms with Crippen LogP contribution in [0, 0.1) is 0 Å². The zero-order chi connectivity index (χ0) is 14.5. The van der Waals surface area contributed by atoms with Gasteiger partial charge in [0.15, 0.2) is 11.5 Å². The minimum Gasteiger partial charge on any atom is -0.480 e. The van der Waals surface area contributed by atoms with Gasteiger partial charge in [-0.25, -0.2) is 4.98 Å². The predicted molar refractivity (Wildman–Crippen MR) is 74.6 cm³/mol. The average molecular weight is 293 g/mol. The van der Waals surface area contributed by atoms with Crippen LogP contribution < -0.4 is 9.47 Å². The zero-order valence-corrected chi connectivity index (χ0v) is 11.8. The van der Waals surface area contributed by atoms with Gasteiger partial charge in [-0.3, -0.25) is 4.79 Å². The van der Waals surface area contributed by atoms with Gasteiger partial charge in [0.05, 0.1) is 20.4 Å². The number of hydrogen-bond donors (Lipinski definition) is 0. The predicted octanol–water partition coefficient (Wildman–Crippen LogP) is 2.57. The fraction of sp³-hybridized carbons (Fsp3) is 0.214. The third-order valence-corrected chi connectivity index (χ3v) is 3.06. The van der Waals surface area contributed by atoms with E-state index < -0.39 is 0 Å². The quantitative estimate of drug-likeness (QED) is 0.793. The Hall–Kier alpha value is -2.14. The van der Waals surface area contributed by atoms with Crippen LogP contribution in [0.4, 0.5) is 0 Å². The largest absolute Gasteiger partial charge is 0.480 e. The van der Waals surface area contributed by atoms with Crippen LogP contribution in [0.25, 0.3) is 0 Å². The molecular weight excluding hydrogens is 280 g/mol. The van der Waals surface area contributed by atoms with E-state index in [4.69, 9.17) is 21.1 Å². The maximum Gasteiger partial charge on any atom is 0.246 e. The van der Waals surface area contributed by atoms with Crippen molar-refractivity contribution in [1.29, 1.82) is 0 Å². The lowest BCUT2D eigenvalue weighted by Gasteiger charge is -2.08. The number of ketones is 1. The first-order valence-electron chi connectivity index (χ1n) is 5.87. The molecule has 1 aromatic heterocycles. The number of hydrogen-bond acceptors (Lipinski definition) is 5. The van der Waals surface area contributed by atoms with E-state index in [0.29, 0.717) is 5.02 Å². The first kappa shape index (κ1) is 14.3. The van der Waals surface area contributed by atoms with Gasteiger partial charge in [0, 0.05) is 11.4 Å². The van der Waals surface area contributed by atoms with Crippen LogP contribution in [-0.4, -0.2) is 30.0 Å². The summed E-state index contributed by atoms with van der Waals surface area (Å²) in [7, 11) is 2.89. The third kappa shape index (κ3) is 3.05. The highest BCUT2D eigenvalue weighted by molar-refractivity contribution is 6.31. The van der Waals surface area contributed by atoms with E-state index in [9.17, 15) is 4.79 Å². The highest BCUT2D eigenvalue weighted by atomic mass is 35.5. The number of methoxy groups -OCH3 is 2. The summed E-state index contributed by atoms with van der Waals surface area (Å²) in [5.41, 5.74) is 0.895. The molecule has 0 amide bonds. The monoisotopic (exact) mass is 292 g/mol. The molecule has 0 saturated heterocycles. The zero-order valence-electron chi connectivity index (χ0n) is 11.1. The molecule has 1 aromatic carbocycles. The molecule has 6 heteroatoms. The van der Waals surface area contributed by atoms with E-state index in [2.05, 4.69) is 9.97 Å². The molecule has 0 unspecified atom stereocenters. The number of halogens is 1.